The molecule has 2 aliphatic rings. The molecule has 4 rings (SSSR count). The van der Waals surface area contributed by atoms with Gasteiger partial charge in [-0.05, 0) is 49.9 Å². The Morgan fingerprint density at radius 1 is 1.00 bits per heavy atom. The molecule has 1 atom stereocenters. The second kappa shape index (κ2) is 7.44. The summed E-state index contributed by atoms with van der Waals surface area (Å²) in [5.41, 5.74) is 0.449. The summed E-state index contributed by atoms with van der Waals surface area (Å²) < 4.78 is 33.0. The second-order valence-corrected chi connectivity index (χ2v) is 9.60. The quantitative estimate of drug-likeness (QED) is 0.762. The molecule has 1 spiro atoms. The van der Waals surface area contributed by atoms with Gasteiger partial charge in [0.05, 0.1) is 24.1 Å². The van der Waals surface area contributed by atoms with E-state index in [-0.39, 0.29) is 17.3 Å². The van der Waals surface area contributed by atoms with E-state index in [2.05, 4.69) is 0 Å². The van der Waals surface area contributed by atoms with E-state index in [4.69, 9.17) is 4.74 Å². The molecule has 1 amide bonds. The van der Waals surface area contributed by atoms with Crippen LogP contribution in [0.1, 0.15) is 6.42 Å². The predicted molar refractivity (Wildman–Crippen MR) is 111 cm³/mol. The number of benzene rings is 2. The lowest BCUT2D eigenvalue weighted by Crippen LogP contribution is -2.64. The molecule has 29 heavy (non-hydrogen) atoms. The van der Waals surface area contributed by atoms with Gasteiger partial charge in [-0.3, -0.25) is 9.69 Å². The predicted octanol–water partition coefficient (Wildman–Crippen LogP) is 1.81. The number of amides is 1. The maximum atomic E-state index is 13.2. The van der Waals surface area contributed by atoms with Crippen LogP contribution in [0, 0.1) is 0 Å². The van der Waals surface area contributed by atoms with Crippen LogP contribution in [0.3, 0.4) is 0 Å². The molecule has 2 aromatic carbocycles. The van der Waals surface area contributed by atoms with E-state index in [1.165, 1.54) is 4.31 Å². The Balaban J connectivity index is 1.58. The van der Waals surface area contributed by atoms with Crippen molar-refractivity contribution in [2.45, 2.75) is 16.9 Å². The van der Waals surface area contributed by atoms with Crippen LogP contribution in [-0.4, -0.2) is 69.4 Å². The molecule has 0 aliphatic carbocycles. The SMILES string of the molecule is COc1ccc(S(=O)(=O)N2CCC3(CN(c4ccccc4)C(=O)CN3C)C2)cc1. The summed E-state index contributed by atoms with van der Waals surface area (Å²) in [5.74, 6) is 0.645. The summed E-state index contributed by atoms with van der Waals surface area (Å²) in [5, 5.41) is 0. The van der Waals surface area contributed by atoms with Crippen LogP contribution < -0.4 is 9.64 Å². The third-order valence-corrected chi connectivity index (χ3v) is 7.86. The van der Waals surface area contributed by atoms with Crippen molar-refractivity contribution in [2.75, 3.05) is 45.2 Å². The molecular weight excluding hydrogens is 390 g/mol. The zero-order valence-corrected chi connectivity index (χ0v) is 17.4. The number of hydrogen-bond donors (Lipinski definition) is 0. The number of piperazine rings is 1. The number of rotatable bonds is 4. The average molecular weight is 416 g/mol. The Kier molecular flexibility index (Phi) is 5.10. The van der Waals surface area contributed by atoms with Gasteiger partial charge in [-0.2, -0.15) is 4.31 Å². The van der Waals surface area contributed by atoms with E-state index in [0.29, 0.717) is 31.8 Å². The molecule has 2 saturated heterocycles. The number of methoxy groups -OCH3 is 1. The third kappa shape index (κ3) is 3.52. The Labute approximate surface area is 171 Å². The molecule has 154 valence electrons. The first-order valence-electron chi connectivity index (χ1n) is 9.57. The molecule has 0 saturated carbocycles. The second-order valence-electron chi connectivity index (χ2n) is 7.66. The Morgan fingerprint density at radius 3 is 2.34 bits per heavy atom. The minimum Gasteiger partial charge on any atom is -0.497 e. The summed E-state index contributed by atoms with van der Waals surface area (Å²) in [6, 6.07) is 16.0. The van der Waals surface area contributed by atoms with E-state index in [1.54, 1.807) is 36.3 Å². The first-order chi connectivity index (χ1) is 13.9. The van der Waals surface area contributed by atoms with Crippen LogP contribution in [0.25, 0.3) is 0 Å². The molecule has 7 nitrogen and oxygen atoms in total. The zero-order valence-electron chi connectivity index (χ0n) is 16.6. The summed E-state index contributed by atoms with van der Waals surface area (Å²) in [4.78, 5) is 16.7. The van der Waals surface area contributed by atoms with Crippen LogP contribution in [0.5, 0.6) is 5.75 Å². The molecule has 2 aromatic rings. The molecular formula is C21H25N3O4S. The van der Waals surface area contributed by atoms with Crippen molar-refractivity contribution in [2.24, 2.45) is 0 Å². The fourth-order valence-corrected chi connectivity index (χ4v) is 5.68. The van der Waals surface area contributed by atoms with Crippen molar-refractivity contribution in [1.82, 2.24) is 9.21 Å². The fraction of sp³-hybridized carbons (Fsp3) is 0.381. The van der Waals surface area contributed by atoms with Crippen molar-refractivity contribution >= 4 is 21.6 Å². The number of hydrogen-bond acceptors (Lipinski definition) is 5. The monoisotopic (exact) mass is 415 g/mol. The summed E-state index contributed by atoms with van der Waals surface area (Å²) >= 11 is 0. The van der Waals surface area contributed by atoms with E-state index < -0.39 is 15.6 Å². The first-order valence-corrected chi connectivity index (χ1v) is 11.0. The topological polar surface area (TPSA) is 70.2 Å². The number of carbonyl (C=O) groups is 1. The standard InChI is InChI=1S/C21H25N3O4S/c1-22-14-20(25)24(17-6-4-3-5-7-17)16-21(22)12-13-23(15-21)29(26,27)19-10-8-18(28-2)9-11-19/h3-11H,12-16H2,1-2H3. The highest BCUT2D eigenvalue weighted by Crippen LogP contribution is 2.35. The molecule has 8 heteroatoms. The number of carbonyl (C=O) groups excluding carboxylic acids is 1. The first kappa shape index (κ1) is 19.9. The number of para-hydroxylation sites is 1. The van der Waals surface area contributed by atoms with Gasteiger partial charge in [0, 0.05) is 25.3 Å². The van der Waals surface area contributed by atoms with Gasteiger partial charge in [0.25, 0.3) is 0 Å². The van der Waals surface area contributed by atoms with Crippen molar-refractivity contribution in [3.63, 3.8) is 0 Å². The Hall–Kier alpha value is -2.42. The summed E-state index contributed by atoms with van der Waals surface area (Å²) in [6.45, 7) is 1.52. The minimum atomic E-state index is -3.61. The lowest BCUT2D eigenvalue weighted by molar-refractivity contribution is -0.123. The van der Waals surface area contributed by atoms with Crippen molar-refractivity contribution in [3.05, 3.63) is 54.6 Å². The van der Waals surface area contributed by atoms with Crippen LogP contribution >= 0.6 is 0 Å². The molecule has 2 aliphatic heterocycles. The number of anilines is 1. The van der Waals surface area contributed by atoms with Crippen LogP contribution in [0.15, 0.2) is 59.5 Å². The lowest BCUT2D eigenvalue weighted by Gasteiger charge is -2.46. The Morgan fingerprint density at radius 2 is 1.69 bits per heavy atom. The van der Waals surface area contributed by atoms with Crippen LogP contribution in [0.4, 0.5) is 5.69 Å². The Bertz CT molecular complexity index is 994. The van der Waals surface area contributed by atoms with Gasteiger partial charge in [0.1, 0.15) is 5.75 Å². The summed E-state index contributed by atoms with van der Waals surface area (Å²) in [7, 11) is -0.156. The van der Waals surface area contributed by atoms with E-state index in [1.807, 2.05) is 42.3 Å². The van der Waals surface area contributed by atoms with Gasteiger partial charge in [-0.15, -0.1) is 0 Å². The van der Waals surface area contributed by atoms with Crippen LogP contribution in [-0.2, 0) is 14.8 Å². The highest BCUT2D eigenvalue weighted by atomic mass is 32.2. The molecule has 0 radical (unpaired) electrons. The number of nitrogens with zero attached hydrogens (tertiary/aromatic N) is 3. The van der Waals surface area contributed by atoms with Crippen molar-refractivity contribution in [1.29, 1.82) is 0 Å². The van der Waals surface area contributed by atoms with Gasteiger partial charge in [-0.1, -0.05) is 18.2 Å². The van der Waals surface area contributed by atoms with E-state index in [0.717, 1.165) is 5.69 Å². The highest BCUT2D eigenvalue weighted by Gasteiger charge is 2.50. The van der Waals surface area contributed by atoms with Gasteiger partial charge >= 0.3 is 0 Å². The molecule has 1 unspecified atom stereocenters. The number of likely N-dealkylation sites (N-methyl/N-ethyl adjacent to an activating group) is 1. The minimum absolute atomic E-state index is 0.0285. The van der Waals surface area contributed by atoms with Crippen molar-refractivity contribution in [3.8, 4) is 5.75 Å². The van der Waals surface area contributed by atoms with E-state index in [9.17, 15) is 13.2 Å². The summed E-state index contributed by atoms with van der Waals surface area (Å²) in [6.07, 6.45) is 0.676. The lowest BCUT2D eigenvalue weighted by atomic mass is 9.92. The van der Waals surface area contributed by atoms with Crippen LogP contribution in [0.2, 0.25) is 0 Å². The molecule has 2 fully saturated rings. The molecule has 2 heterocycles. The largest absolute Gasteiger partial charge is 0.497 e. The highest BCUT2D eigenvalue weighted by molar-refractivity contribution is 7.89. The molecule has 0 bridgehead atoms. The maximum Gasteiger partial charge on any atom is 0.243 e. The van der Waals surface area contributed by atoms with Crippen molar-refractivity contribution < 1.29 is 17.9 Å². The van der Waals surface area contributed by atoms with Gasteiger partial charge in [0.2, 0.25) is 15.9 Å². The number of ether oxygens (including phenoxy) is 1. The molecule has 0 aromatic heterocycles. The normalized spacial score (nSPS) is 23.7. The third-order valence-electron chi connectivity index (χ3n) is 6.00. The maximum absolute atomic E-state index is 13.2. The van der Waals surface area contributed by atoms with Gasteiger partial charge < -0.3 is 9.64 Å². The van der Waals surface area contributed by atoms with Gasteiger partial charge in [0.15, 0.2) is 0 Å². The van der Waals surface area contributed by atoms with E-state index >= 15 is 0 Å². The fourth-order valence-electron chi connectivity index (χ4n) is 4.16. The average Bonchev–Trinajstić information content (AvgIpc) is 3.18. The zero-order chi connectivity index (χ0) is 20.6. The molecule has 0 N–H and O–H groups in total. The smallest absolute Gasteiger partial charge is 0.243 e. The number of sulfonamides is 1. The van der Waals surface area contributed by atoms with Gasteiger partial charge in [-0.25, -0.2) is 8.42 Å².